The lowest BCUT2D eigenvalue weighted by Gasteiger charge is -2.12. The minimum atomic E-state index is 0.940. The molecule has 0 spiro atoms. The normalized spacial score (nSPS) is 18.0. The van der Waals surface area contributed by atoms with Crippen LogP contribution in [0.3, 0.4) is 0 Å². The van der Waals surface area contributed by atoms with Crippen LogP contribution in [-0.2, 0) is 0 Å². The molecular weight excluding hydrogens is 140 g/mol. The number of hydrogen-bond donors (Lipinski definition) is 1. The smallest absolute Gasteiger partial charge is 0.138 e. The molecule has 0 amide bonds. The molecule has 0 aliphatic carbocycles. The predicted octanol–water partition coefficient (Wildman–Crippen LogP) is 0.112. The Morgan fingerprint density at radius 2 is 2.55 bits per heavy atom. The quantitative estimate of drug-likeness (QED) is 0.618. The summed E-state index contributed by atoms with van der Waals surface area (Å²) in [6, 6.07) is 0. The average molecular weight is 150 g/mol. The highest BCUT2D eigenvalue weighted by Crippen LogP contribution is 2.07. The molecule has 1 N–H and O–H groups in total. The monoisotopic (exact) mass is 150 g/mol. The molecule has 0 bridgehead atoms. The van der Waals surface area contributed by atoms with Gasteiger partial charge < -0.3 is 5.32 Å². The number of nitrogens with one attached hydrogen (secondary N) is 1. The fourth-order valence-corrected chi connectivity index (χ4v) is 1.18. The van der Waals surface area contributed by atoms with Crippen LogP contribution in [0.25, 0.3) is 5.70 Å². The highest BCUT2D eigenvalue weighted by molar-refractivity contribution is 5.44. The van der Waals surface area contributed by atoms with Gasteiger partial charge in [0.15, 0.2) is 0 Å². The Morgan fingerprint density at radius 1 is 1.55 bits per heavy atom. The first-order valence-corrected chi connectivity index (χ1v) is 3.71. The van der Waals surface area contributed by atoms with Gasteiger partial charge in [-0.1, -0.05) is 0 Å². The minimum Gasteiger partial charge on any atom is -0.313 e. The molecule has 0 unspecified atom stereocenters. The van der Waals surface area contributed by atoms with Crippen LogP contribution in [0.15, 0.2) is 18.7 Å². The van der Waals surface area contributed by atoms with E-state index in [4.69, 9.17) is 0 Å². The first kappa shape index (κ1) is 6.54. The van der Waals surface area contributed by atoms with Gasteiger partial charge in [-0.3, -0.25) is 0 Å². The third-order valence-corrected chi connectivity index (χ3v) is 1.75. The Bertz CT molecular complexity index is 249. The van der Waals surface area contributed by atoms with E-state index in [1.807, 2.05) is 4.68 Å². The first-order valence-electron chi connectivity index (χ1n) is 3.71. The lowest BCUT2D eigenvalue weighted by Crippen LogP contribution is -2.21. The molecule has 1 aliphatic heterocycles. The van der Waals surface area contributed by atoms with E-state index in [1.54, 1.807) is 12.7 Å². The molecule has 0 saturated carbocycles. The molecule has 1 aliphatic rings. The molecule has 2 heterocycles. The maximum Gasteiger partial charge on any atom is 0.138 e. The van der Waals surface area contributed by atoms with Crippen LogP contribution < -0.4 is 5.32 Å². The van der Waals surface area contributed by atoms with Crippen LogP contribution in [0.1, 0.15) is 6.42 Å². The molecule has 1 aromatic rings. The number of nitrogens with zero attached hydrogens (tertiary/aromatic N) is 3. The predicted molar refractivity (Wildman–Crippen MR) is 41.8 cm³/mol. The van der Waals surface area contributed by atoms with Gasteiger partial charge in [0.1, 0.15) is 12.7 Å². The van der Waals surface area contributed by atoms with E-state index in [0.29, 0.717) is 0 Å². The van der Waals surface area contributed by atoms with Crippen molar-refractivity contribution in [3.63, 3.8) is 0 Å². The van der Waals surface area contributed by atoms with Crippen molar-refractivity contribution in [2.75, 3.05) is 13.1 Å². The van der Waals surface area contributed by atoms with Crippen LogP contribution in [0.5, 0.6) is 0 Å². The highest BCUT2D eigenvalue weighted by atomic mass is 15.3. The SMILES string of the molecule is C1=C(n2cncn2)CCNC1. The van der Waals surface area contributed by atoms with Gasteiger partial charge in [0, 0.05) is 25.2 Å². The second-order valence-electron chi connectivity index (χ2n) is 2.49. The molecular formula is C7H10N4. The average Bonchev–Trinajstić information content (AvgIpc) is 2.58. The maximum atomic E-state index is 4.05. The van der Waals surface area contributed by atoms with Gasteiger partial charge in [-0.2, -0.15) is 5.10 Å². The van der Waals surface area contributed by atoms with Crippen molar-refractivity contribution in [2.45, 2.75) is 6.42 Å². The van der Waals surface area contributed by atoms with E-state index in [1.165, 1.54) is 5.70 Å². The van der Waals surface area contributed by atoms with E-state index in [-0.39, 0.29) is 0 Å². The standard InChI is InChI=1S/C7H10N4/c1-3-8-4-2-7(1)11-6-9-5-10-11/h1,5-6,8H,2-4H2. The number of aromatic nitrogens is 3. The molecule has 0 atom stereocenters. The Morgan fingerprint density at radius 3 is 3.18 bits per heavy atom. The van der Waals surface area contributed by atoms with Gasteiger partial charge in [0.05, 0.1) is 0 Å². The van der Waals surface area contributed by atoms with Gasteiger partial charge in [0.25, 0.3) is 0 Å². The van der Waals surface area contributed by atoms with Crippen molar-refractivity contribution >= 4 is 5.70 Å². The first-order chi connectivity index (χ1) is 5.47. The van der Waals surface area contributed by atoms with Gasteiger partial charge in [-0.25, -0.2) is 9.67 Å². The molecule has 0 fully saturated rings. The van der Waals surface area contributed by atoms with Crippen molar-refractivity contribution in [3.8, 4) is 0 Å². The van der Waals surface area contributed by atoms with Crippen molar-refractivity contribution in [1.29, 1.82) is 0 Å². The second-order valence-corrected chi connectivity index (χ2v) is 2.49. The summed E-state index contributed by atoms with van der Waals surface area (Å²) < 4.78 is 1.82. The van der Waals surface area contributed by atoms with Gasteiger partial charge in [-0.05, 0) is 6.08 Å². The van der Waals surface area contributed by atoms with E-state index < -0.39 is 0 Å². The summed E-state index contributed by atoms with van der Waals surface area (Å²) in [5.74, 6) is 0. The van der Waals surface area contributed by atoms with E-state index in [9.17, 15) is 0 Å². The molecule has 4 heteroatoms. The molecule has 58 valence electrons. The number of hydrogen-bond acceptors (Lipinski definition) is 3. The van der Waals surface area contributed by atoms with Crippen molar-refractivity contribution in [1.82, 2.24) is 20.1 Å². The molecule has 11 heavy (non-hydrogen) atoms. The molecule has 2 rings (SSSR count). The lowest BCUT2D eigenvalue weighted by atomic mass is 10.2. The minimum absolute atomic E-state index is 0.940. The summed E-state index contributed by atoms with van der Waals surface area (Å²) in [5.41, 5.74) is 1.24. The van der Waals surface area contributed by atoms with Gasteiger partial charge in [0.2, 0.25) is 0 Å². The maximum absolute atomic E-state index is 4.05. The van der Waals surface area contributed by atoms with E-state index >= 15 is 0 Å². The van der Waals surface area contributed by atoms with Crippen LogP contribution >= 0.6 is 0 Å². The van der Waals surface area contributed by atoms with Crippen molar-refractivity contribution in [3.05, 3.63) is 18.7 Å². The highest BCUT2D eigenvalue weighted by Gasteiger charge is 2.03. The Hall–Kier alpha value is -1.16. The molecule has 1 aromatic heterocycles. The summed E-state index contributed by atoms with van der Waals surface area (Å²) in [5, 5.41) is 7.29. The van der Waals surface area contributed by atoms with E-state index in [0.717, 1.165) is 19.5 Å². The van der Waals surface area contributed by atoms with Crippen LogP contribution in [0.2, 0.25) is 0 Å². The molecule has 4 nitrogen and oxygen atoms in total. The summed E-state index contributed by atoms with van der Waals surface area (Å²) in [4.78, 5) is 3.89. The molecule has 0 radical (unpaired) electrons. The zero-order valence-electron chi connectivity index (χ0n) is 6.20. The van der Waals surface area contributed by atoms with E-state index in [2.05, 4.69) is 21.5 Å². The molecule has 0 aromatic carbocycles. The summed E-state index contributed by atoms with van der Waals surface area (Å²) >= 11 is 0. The zero-order chi connectivity index (χ0) is 7.52. The molecule has 0 saturated heterocycles. The largest absolute Gasteiger partial charge is 0.313 e. The summed E-state index contributed by atoms with van der Waals surface area (Å²) in [6.07, 6.45) is 6.46. The van der Waals surface area contributed by atoms with Crippen LogP contribution in [0, 0.1) is 0 Å². The fraction of sp³-hybridized carbons (Fsp3) is 0.429. The lowest BCUT2D eigenvalue weighted by molar-refractivity contribution is 0.700. The van der Waals surface area contributed by atoms with Crippen LogP contribution in [0.4, 0.5) is 0 Å². The van der Waals surface area contributed by atoms with Crippen LogP contribution in [-0.4, -0.2) is 27.9 Å². The Balaban J connectivity index is 2.22. The summed E-state index contributed by atoms with van der Waals surface area (Å²) in [6.45, 7) is 1.97. The Kier molecular flexibility index (Phi) is 1.69. The summed E-state index contributed by atoms with van der Waals surface area (Å²) in [7, 11) is 0. The topological polar surface area (TPSA) is 42.7 Å². The van der Waals surface area contributed by atoms with Crippen molar-refractivity contribution < 1.29 is 0 Å². The number of rotatable bonds is 1. The van der Waals surface area contributed by atoms with Gasteiger partial charge >= 0.3 is 0 Å². The van der Waals surface area contributed by atoms with Crippen molar-refractivity contribution in [2.24, 2.45) is 0 Å². The Labute approximate surface area is 64.9 Å². The zero-order valence-corrected chi connectivity index (χ0v) is 6.20. The second kappa shape index (κ2) is 2.84. The van der Waals surface area contributed by atoms with Gasteiger partial charge in [-0.15, -0.1) is 0 Å². The fourth-order valence-electron chi connectivity index (χ4n) is 1.18. The third-order valence-electron chi connectivity index (χ3n) is 1.75. The third kappa shape index (κ3) is 1.30.